The lowest BCUT2D eigenvalue weighted by atomic mass is 9.83. The van der Waals surface area contributed by atoms with Crippen molar-refractivity contribution in [2.75, 3.05) is 52.9 Å². The van der Waals surface area contributed by atoms with Gasteiger partial charge in [-0.3, -0.25) is 9.78 Å². The molecule has 1 amide bonds. The molecule has 0 bridgehead atoms. The molecule has 0 aliphatic carbocycles. The third-order valence-corrected chi connectivity index (χ3v) is 6.80. The maximum absolute atomic E-state index is 13.5. The quantitative estimate of drug-likeness (QED) is 0.713. The van der Waals surface area contributed by atoms with Crippen molar-refractivity contribution in [1.29, 1.82) is 0 Å². The summed E-state index contributed by atoms with van der Waals surface area (Å²) in [6.45, 7) is 8.11. The van der Waals surface area contributed by atoms with Gasteiger partial charge in [-0.25, -0.2) is 0 Å². The van der Waals surface area contributed by atoms with Crippen LogP contribution in [-0.2, 0) is 11.0 Å². The topological polar surface area (TPSA) is 39.7 Å². The van der Waals surface area contributed by atoms with E-state index < -0.39 is 11.7 Å². The van der Waals surface area contributed by atoms with E-state index >= 15 is 0 Å². The average molecular weight is 449 g/mol. The first kappa shape index (κ1) is 23.0. The predicted molar refractivity (Wildman–Crippen MR) is 118 cm³/mol. The van der Waals surface area contributed by atoms with Gasteiger partial charge in [-0.2, -0.15) is 13.2 Å². The first-order chi connectivity index (χ1) is 15.2. The van der Waals surface area contributed by atoms with Gasteiger partial charge in [0.25, 0.3) is 0 Å². The minimum absolute atomic E-state index is 0.000296. The highest BCUT2D eigenvalue weighted by atomic mass is 19.4. The lowest BCUT2D eigenvalue weighted by Gasteiger charge is -2.38. The number of halogens is 3. The highest BCUT2D eigenvalue weighted by Crippen LogP contribution is 2.39. The molecular formula is C24H31F3N4O. The smallest absolute Gasteiger partial charge is 0.342 e. The van der Waals surface area contributed by atoms with Crippen molar-refractivity contribution in [3.05, 3.63) is 41.6 Å². The van der Waals surface area contributed by atoms with E-state index in [1.54, 1.807) is 18.2 Å². The van der Waals surface area contributed by atoms with E-state index in [9.17, 15) is 18.0 Å². The Balaban J connectivity index is 1.50. The largest absolute Gasteiger partial charge is 0.418 e. The fraction of sp³-hybridized carbons (Fsp3) is 0.583. The molecule has 0 spiro atoms. The maximum Gasteiger partial charge on any atom is 0.418 e. The minimum Gasteiger partial charge on any atom is -0.342 e. The zero-order valence-corrected chi connectivity index (χ0v) is 18.7. The number of rotatable bonds is 4. The van der Waals surface area contributed by atoms with Crippen molar-refractivity contribution in [2.24, 2.45) is 5.92 Å². The zero-order valence-electron chi connectivity index (χ0n) is 18.7. The van der Waals surface area contributed by atoms with Gasteiger partial charge in [0.05, 0.1) is 11.1 Å². The second-order valence-corrected chi connectivity index (χ2v) is 9.33. The van der Waals surface area contributed by atoms with Gasteiger partial charge in [0.15, 0.2) is 0 Å². The number of hydrogen-bond donors (Lipinski definition) is 0. The molecule has 2 aromatic rings. The van der Waals surface area contributed by atoms with Gasteiger partial charge in [0.1, 0.15) is 0 Å². The normalized spacial score (nSPS) is 23.6. The highest BCUT2D eigenvalue weighted by Gasteiger charge is 2.35. The molecule has 174 valence electrons. The van der Waals surface area contributed by atoms with Crippen LogP contribution < -0.4 is 0 Å². The van der Waals surface area contributed by atoms with Crippen LogP contribution in [0.2, 0.25) is 0 Å². The summed E-state index contributed by atoms with van der Waals surface area (Å²) in [7, 11) is 2.11. The Morgan fingerprint density at radius 3 is 2.59 bits per heavy atom. The van der Waals surface area contributed by atoms with E-state index in [-0.39, 0.29) is 23.3 Å². The summed E-state index contributed by atoms with van der Waals surface area (Å²) >= 11 is 0. The van der Waals surface area contributed by atoms with Crippen LogP contribution in [0.1, 0.15) is 36.8 Å². The standard InChI is InChI=1S/C24H31F3N4O/c1-17-14-18(16-31(15-17)22(32)7-9-30-12-10-29(2)11-13-30)19-5-6-21(24(25,26)27)23-20(19)4-3-8-28-23/h3-6,8,17-18H,7,9-16H2,1-2H3/t17-,18-/m1/s1. The average Bonchev–Trinajstić information content (AvgIpc) is 2.76. The van der Waals surface area contributed by atoms with Crippen LogP contribution in [0, 0.1) is 5.92 Å². The number of hydrogen-bond acceptors (Lipinski definition) is 4. The van der Waals surface area contributed by atoms with Gasteiger partial charge in [0.2, 0.25) is 5.91 Å². The molecule has 0 saturated carbocycles. The first-order valence-corrected chi connectivity index (χ1v) is 11.4. The van der Waals surface area contributed by atoms with Gasteiger partial charge < -0.3 is 14.7 Å². The van der Waals surface area contributed by atoms with E-state index in [1.165, 1.54) is 6.20 Å². The number of alkyl halides is 3. The first-order valence-electron chi connectivity index (χ1n) is 11.4. The van der Waals surface area contributed by atoms with Crippen molar-refractivity contribution >= 4 is 16.8 Å². The number of piperidine rings is 1. The highest BCUT2D eigenvalue weighted by molar-refractivity contribution is 5.86. The number of piperazine rings is 1. The predicted octanol–water partition coefficient (Wildman–Crippen LogP) is 3.84. The lowest BCUT2D eigenvalue weighted by Crippen LogP contribution is -2.47. The molecule has 2 fully saturated rings. The third-order valence-electron chi connectivity index (χ3n) is 6.80. The Morgan fingerprint density at radius 2 is 1.88 bits per heavy atom. The molecule has 4 rings (SSSR count). The number of benzene rings is 1. The number of aromatic nitrogens is 1. The van der Waals surface area contributed by atoms with E-state index in [0.29, 0.717) is 24.9 Å². The van der Waals surface area contributed by atoms with Gasteiger partial charge in [0, 0.05) is 69.7 Å². The molecule has 2 saturated heterocycles. The van der Waals surface area contributed by atoms with Crippen LogP contribution in [0.15, 0.2) is 30.5 Å². The maximum atomic E-state index is 13.5. The van der Waals surface area contributed by atoms with Crippen LogP contribution in [0.4, 0.5) is 13.2 Å². The van der Waals surface area contributed by atoms with Crippen LogP contribution in [0.3, 0.4) is 0 Å². The molecule has 2 atom stereocenters. The SMILES string of the molecule is C[C@@H]1C[C@@H](c2ccc(C(F)(F)F)c3ncccc23)CN(C(=O)CCN2CCN(C)CC2)C1. The summed E-state index contributed by atoms with van der Waals surface area (Å²) in [6.07, 6.45) is -1.72. The number of fused-ring (bicyclic) bond motifs is 1. The summed E-state index contributed by atoms with van der Waals surface area (Å²) in [6, 6.07) is 6.12. The number of nitrogens with zero attached hydrogens (tertiary/aromatic N) is 4. The van der Waals surface area contributed by atoms with Crippen molar-refractivity contribution in [3.8, 4) is 0 Å². The molecular weight excluding hydrogens is 417 g/mol. The second-order valence-electron chi connectivity index (χ2n) is 9.33. The Hall–Kier alpha value is -2.19. The number of pyridine rings is 1. The van der Waals surface area contributed by atoms with E-state index in [0.717, 1.165) is 50.8 Å². The van der Waals surface area contributed by atoms with Gasteiger partial charge in [-0.1, -0.05) is 19.1 Å². The summed E-state index contributed by atoms with van der Waals surface area (Å²) < 4.78 is 40.4. The number of likely N-dealkylation sites (N-methyl/N-ethyl adjacent to an activating group) is 1. The van der Waals surface area contributed by atoms with E-state index in [4.69, 9.17) is 0 Å². The van der Waals surface area contributed by atoms with Crippen molar-refractivity contribution < 1.29 is 18.0 Å². The van der Waals surface area contributed by atoms with E-state index in [2.05, 4.69) is 28.8 Å². The van der Waals surface area contributed by atoms with Crippen molar-refractivity contribution in [3.63, 3.8) is 0 Å². The Morgan fingerprint density at radius 1 is 1.12 bits per heavy atom. The third kappa shape index (κ3) is 5.07. The molecule has 32 heavy (non-hydrogen) atoms. The van der Waals surface area contributed by atoms with Crippen LogP contribution >= 0.6 is 0 Å². The van der Waals surface area contributed by atoms with Crippen LogP contribution in [0.5, 0.6) is 0 Å². The number of carbonyl (C=O) groups is 1. The minimum atomic E-state index is -4.45. The molecule has 1 aromatic carbocycles. The van der Waals surface area contributed by atoms with Crippen LogP contribution in [-0.4, -0.2) is 78.5 Å². The molecule has 8 heteroatoms. The lowest BCUT2D eigenvalue weighted by molar-refractivity contribution is -0.136. The van der Waals surface area contributed by atoms with Crippen LogP contribution in [0.25, 0.3) is 10.9 Å². The zero-order chi connectivity index (χ0) is 22.9. The molecule has 0 unspecified atom stereocenters. The van der Waals surface area contributed by atoms with Gasteiger partial charge in [-0.05, 0) is 37.1 Å². The molecule has 2 aliphatic rings. The second kappa shape index (κ2) is 9.35. The molecule has 2 aliphatic heterocycles. The fourth-order valence-electron chi connectivity index (χ4n) is 5.04. The summed E-state index contributed by atoms with van der Waals surface area (Å²) in [5, 5.41) is 0.534. The number of carbonyl (C=O) groups excluding carboxylic acids is 1. The summed E-state index contributed by atoms with van der Waals surface area (Å²) in [5.41, 5.74) is 0.133. The van der Waals surface area contributed by atoms with Crippen molar-refractivity contribution in [1.82, 2.24) is 19.7 Å². The summed E-state index contributed by atoms with van der Waals surface area (Å²) in [5.74, 6) is 0.422. The van der Waals surface area contributed by atoms with Gasteiger partial charge in [-0.15, -0.1) is 0 Å². The fourth-order valence-corrected chi connectivity index (χ4v) is 5.04. The van der Waals surface area contributed by atoms with Gasteiger partial charge >= 0.3 is 6.18 Å². The molecule has 0 radical (unpaired) electrons. The molecule has 0 N–H and O–H groups in total. The van der Waals surface area contributed by atoms with E-state index in [1.807, 2.05) is 4.90 Å². The number of amides is 1. The van der Waals surface area contributed by atoms with Crippen molar-refractivity contribution in [2.45, 2.75) is 31.9 Å². The number of likely N-dealkylation sites (tertiary alicyclic amines) is 1. The Kier molecular flexibility index (Phi) is 6.72. The Bertz CT molecular complexity index is 956. The molecule has 5 nitrogen and oxygen atoms in total. The molecule has 1 aromatic heterocycles. The summed E-state index contributed by atoms with van der Waals surface area (Å²) in [4.78, 5) is 23.6. The Labute approximate surface area is 187 Å². The molecule has 3 heterocycles. The monoisotopic (exact) mass is 448 g/mol.